The molecule has 0 atom stereocenters. The lowest BCUT2D eigenvalue weighted by atomic mass is 10.2. The number of halogens is 4. The van der Waals surface area contributed by atoms with Crippen LogP contribution in [-0.4, -0.2) is 5.51 Å². The van der Waals surface area contributed by atoms with Crippen LogP contribution in [0.25, 0.3) is 10.4 Å². The smallest absolute Gasteiger partial charge is 0.207 e. The van der Waals surface area contributed by atoms with Crippen molar-refractivity contribution in [3.63, 3.8) is 0 Å². The molecule has 0 aliphatic heterocycles. The van der Waals surface area contributed by atoms with Gasteiger partial charge in [0.05, 0.1) is 4.21 Å². The molecule has 0 bridgehead atoms. The van der Waals surface area contributed by atoms with E-state index in [9.17, 15) is 17.6 Å². The number of alkyl halides is 3. The average Bonchev–Trinajstić information content (AvgIpc) is 2.64. The van der Waals surface area contributed by atoms with Gasteiger partial charge < -0.3 is 0 Å². The summed E-state index contributed by atoms with van der Waals surface area (Å²) in [7, 11) is 0. The summed E-state index contributed by atoms with van der Waals surface area (Å²) in [4.78, 5) is 0.691. The van der Waals surface area contributed by atoms with E-state index >= 15 is 0 Å². The summed E-state index contributed by atoms with van der Waals surface area (Å²) in [5, 5.41) is 0. The molecule has 0 aliphatic carbocycles. The van der Waals surface area contributed by atoms with Crippen LogP contribution < -0.4 is 0 Å². The summed E-state index contributed by atoms with van der Waals surface area (Å²) < 4.78 is 49.2. The first-order valence-corrected chi connectivity index (χ1v) is 6.19. The van der Waals surface area contributed by atoms with Gasteiger partial charge in [-0.15, -0.1) is 11.3 Å². The van der Waals surface area contributed by atoms with Crippen LogP contribution in [0.2, 0.25) is 0 Å². The summed E-state index contributed by atoms with van der Waals surface area (Å²) in [6.07, 6.45) is 0. The molecule has 0 saturated carbocycles. The van der Waals surface area contributed by atoms with Gasteiger partial charge in [-0.1, -0.05) is 12.1 Å². The van der Waals surface area contributed by atoms with Gasteiger partial charge in [0.1, 0.15) is 5.82 Å². The SMILES string of the molecule is Fc1ccc(-c2ccc(SC(F)(F)F)s2)cc1. The first kappa shape index (κ1) is 12.4. The predicted molar refractivity (Wildman–Crippen MR) is 61.6 cm³/mol. The molecule has 1 aromatic carbocycles. The number of thioether (sulfide) groups is 1. The Bertz CT molecular complexity index is 499. The van der Waals surface area contributed by atoms with Crippen LogP contribution in [0.4, 0.5) is 17.6 Å². The Hall–Kier alpha value is -1.01. The standard InChI is InChI=1S/C11H6F4S2/c12-8-3-1-7(2-4-8)9-5-6-10(16-9)17-11(13,14)15/h1-6H. The van der Waals surface area contributed by atoms with E-state index in [1.807, 2.05) is 0 Å². The second-order valence-electron chi connectivity index (χ2n) is 3.17. The van der Waals surface area contributed by atoms with E-state index in [1.54, 1.807) is 18.2 Å². The van der Waals surface area contributed by atoms with Crippen molar-refractivity contribution in [1.82, 2.24) is 0 Å². The van der Waals surface area contributed by atoms with E-state index in [-0.39, 0.29) is 21.8 Å². The van der Waals surface area contributed by atoms with E-state index in [4.69, 9.17) is 0 Å². The highest BCUT2D eigenvalue weighted by Crippen LogP contribution is 2.42. The Kier molecular flexibility index (Phi) is 3.44. The van der Waals surface area contributed by atoms with E-state index in [0.717, 1.165) is 11.3 Å². The molecule has 0 nitrogen and oxygen atoms in total. The van der Waals surface area contributed by atoms with E-state index < -0.39 is 5.51 Å². The van der Waals surface area contributed by atoms with Gasteiger partial charge in [0.2, 0.25) is 0 Å². The highest BCUT2D eigenvalue weighted by atomic mass is 32.2. The van der Waals surface area contributed by atoms with Crippen molar-refractivity contribution in [2.75, 3.05) is 0 Å². The van der Waals surface area contributed by atoms with Crippen molar-refractivity contribution in [3.05, 3.63) is 42.2 Å². The van der Waals surface area contributed by atoms with Crippen molar-refractivity contribution >= 4 is 23.1 Å². The first-order valence-electron chi connectivity index (χ1n) is 4.55. The topological polar surface area (TPSA) is 0 Å². The fourth-order valence-corrected chi connectivity index (χ4v) is 3.08. The minimum atomic E-state index is -4.27. The van der Waals surface area contributed by atoms with Crippen LogP contribution in [0.1, 0.15) is 0 Å². The molecule has 6 heteroatoms. The van der Waals surface area contributed by atoms with E-state index in [0.29, 0.717) is 10.4 Å². The molecule has 0 fully saturated rings. The van der Waals surface area contributed by atoms with E-state index in [2.05, 4.69) is 0 Å². The van der Waals surface area contributed by atoms with Crippen LogP contribution in [0, 0.1) is 5.82 Å². The predicted octanol–water partition coefficient (Wildman–Crippen LogP) is 5.17. The Morgan fingerprint density at radius 2 is 1.59 bits per heavy atom. The summed E-state index contributed by atoms with van der Waals surface area (Å²) >= 11 is 0.903. The maximum atomic E-state index is 12.7. The third kappa shape index (κ3) is 3.47. The molecule has 90 valence electrons. The molecule has 17 heavy (non-hydrogen) atoms. The summed E-state index contributed by atoms with van der Waals surface area (Å²) in [6.45, 7) is 0. The Morgan fingerprint density at radius 1 is 0.941 bits per heavy atom. The van der Waals surface area contributed by atoms with Gasteiger partial charge in [-0.2, -0.15) is 13.2 Å². The van der Waals surface area contributed by atoms with Crippen LogP contribution in [0.15, 0.2) is 40.6 Å². The maximum absolute atomic E-state index is 12.7. The molecule has 2 aromatic rings. The third-order valence-corrected chi connectivity index (χ3v) is 3.92. The van der Waals surface area contributed by atoms with Gasteiger partial charge in [0, 0.05) is 4.88 Å². The zero-order valence-electron chi connectivity index (χ0n) is 8.29. The maximum Gasteiger partial charge on any atom is 0.447 e. The van der Waals surface area contributed by atoms with Crippen molar-refractivity contribution in [2.24, 2.45) is 0 Å². The minimum absolute atomic E-state index is 0.136. The fraction of sp³-hybridized carbons (Fsp3) is 0.0909. The normalized spacial score (nSPS) is 11.8. The number of hydrogen-bond acceptors (Lipinski definition) is 2. The molecule has 0 amide bonds. The zero-order chi connectivity index (χ0) is 12.5. The van der Waals surface area contributed by atoms with Crippen LogP contribution in [0.5, 0.6) is 0 Å². The number of thiophene rings is 1. The Balaban J connectivity index is 2.21. The number of rotatable bonds is 2. The molecular weight excluding hydrogens is 272 g/mol. The zero-order valence-corrected chi connectivity index (χ0v) is 9.93. The average molecular weight is 278 g/mol. The van der Waals surface area contributed by atoms with Crippen LogP contribution in [-0.2, 0) is 0 Å². The molecule has 0 saturated heterocycles. The van der Waals surface area contributed by atoms with Crippen LogP contribution in [0.3, 0.4) is 0 Å². The molecule has 2 rings (SSSR count). The van der Waals surface area contributed by atoms with Gasteiger partial charge in [-0.3, -0.25) is 0 Å². The van der Waals surface area contributed by atoms with Gasteiger partial charge in [-0.25, -0.2) is 4.39 Å². The molecule has 0 spiro atoms. The van der Waals surface area contributed by atoms with E-state index in [1.165, 1.54) is 18.2 Å². The monoisotopic (exact) mass is 278 g/mol. The highest BCUT2D eigenvalue weighted by Gasteiger charge is 2.30. The fourth-order valence-electron chi connectivity index (χ4n) is 1.26. The summed E-state index contributed by atoms with van der Waals surface area (Å²) in [5.41, 5.74) is -3.56. The van der Waals surface area contributed by atoms with Gasteiger partial charge >= 0.3 is 5.51 Å². The minimum Gasteiger partial charge on any atom is -0.207 e. The van der Waals surface area contributed by atoms with Crippen molar-refractivity contribution < 1.29 is 17.6 Å². The molecule has 0 unspecified atom stereocenters. The lowest BCUT2D eigenvalue weighted by Crippen LogP contribution is -1.97. The largest absolute Gasteiger partial charge is 0.447 e. The third-order valence-electron chi connectivity index (χ3n) is 1.93. The Morgan fingerprint density at radius 3 is 2.18 bits per heavy atom. The summed E-state index contributed by atoms with van der Waals surface area (Å²) in [6, 6.07) is 8.68. The van der Waals surface area contributed by atoms with Gasteiger partial charge in [0.15, 0.2) is 0 Å². The Labute approximate surface area is 103 Å². The lowest BCUT2D eigenvalue weighted by molar-refractivity contribution is -0.0326. The lowest BCUT2D eigenvalue weighted by Gasteiger charge is -2.01. The van der Waals surface area contributed by atoms with Crippen molar-refractivity contribution in [3.8, 4) is 10.4 Å². The summed E-state index contributed by atoms with van der Waals surface area (Å²) in [5.74, 6) is -0.366. The molecule has 0 aliphatic rings. The second kappa shape index (κ2) is 4.70. The molecule has 1 heterocycles. The van der Waals surface area contributed by atoms with Crippen molar-refractivity contribution in [2.45, 2.75) is 9.72 Å². The first-order chi connectivity index (χ1) is 7.94. The molecule has 1 aromatic heterocycles. The number of benzene rings is 1. The number of hydrogen-bond donors (Lipinski definition) is 0. The van der Waals surface area contributed by atoms with Crippen LogP contribution >= 0.6 is 23.1 Å². The molecule has 0 radical (unpaired) electrons. The highest BCUT2D eigenvalue weighted by molar-refractivity contribution is 8.02. The van der Waals surface area contributed by atoms with Gasteiger partial charge in [-0.05, 0) is 41.6 Å². The second-order valence-corrected chi connectivity index (χ2v) is 5.62. The molecular formula is C11H6F4S2. The van der Waals surface area contributed by atoms with Crippen molar-refractivity contribution in [1.29, 1.82) is 0 Å². The quantitative estimate of drug-likeness (QED) is 0.539. The van der Waals surface area contributed by atoms with Gasteiger partial charge in [0.25, 0.3) is 0 Å². The molecule has 0 N–H and O–H groups in total.